The molecule has 24 heavy (non-hydrogen) atoms. The van der Waals surface area contributed by atoms with Crippen LogP contribution in [0.5, 0.6) is 0 Å². The molecule has 1 aliphatic heterocycles. The molecule has 0 amide bonds. The second-order valence-corrected chi connectivity index (χ2v) is 7.79. The van der Waals surface area contributed by atoms with Gasteiger partial charge in [0.05, 0.1) is 0 Å². The molecule has 0 aliphatic carbocycles. The van der Waals surface area contributed by atoms with Crippen LogP contribution in [0.15, 0.2) is 70.0 Å². The lowest BCUT2D eigenvalue weighted by molar-refractivity contribution is -0.132. The fourth-order valence-corrected chi connectivity index (χ4v) is 5.17. The maximum atomic E-state index is 11.1. The van der Waals surface area contributed by atoms with Gasteiger partial charge in [0.2, 0.25) is 0 Å². The summed E-state index contributed by atoms with van der Waals surface area (Å²) in [7, 11) is 0. The van der Waals surface area contributed by atoms with Gasteiger partial charge in [-0.2, -0.15) is 0 Å². The molecule has 4 heteroatoms. The summed E-state index contributed by atoms with van der Waals surface area (Å²) in [6.07, 6.45) is 1.75. The summed E-state index contributed by atoms with van der Waals surface area (Å²) in [4.78, 5) is 15.8. The van der Waals surface area contributed by atoms with Crippen LogP contribution in [0, 0.1) is 0 Å². The molecular weight excluding hydrogens is 336 g/mol. The number of hydrogen-bond donors (Lipinski definition) is 1. The second kappa shape index (κ2) is 5.96. The standard InChI is InChI=1S/C20H14O2S2/c1-12(20(21)22)10-13-11-16-14-6-2-4-8-17(14)24-18-9-5-3-7-15(18)19(16)23-13/h2-11H,1H3,(H,21,22)/b12-10+. The molecule has 2 aromatic carbocycles. The molecule has 0 saturated carbocycles. The van der Waals surface area contributed by atoms with E-state index in [1.54, 1.807) is 36.1 Å². The number of rotatable bonds is 2. The monoisotopic (exact) mass is 350 g/mol. The summed E-state index contributed by atoms with van der Waals surface area (Å²) in [5, 5.41) is 9.14. The summed E-state index contributed by atoms with van der Waals surface area (Å²) < 4.78 is 0. The highest BCUT2D eigenvalue weighted by atomic mass is 32.2. The fourth-order valence-electron chi connectivity index (χ4n) is 2.80. The van der Waals surface area contributed by atoms with E-state index in [0.717, 1.165) is 4.88 Å². The lowest BCUT2D eigenvalue weighted by Crippen LogP contribution is -1.94. The lowest BCUT2D eigenvalue weighted by Gasteiger charge is -2.05. The van der Waals surface area contributed by atoms with Crippen LogP contribution < -0.4 is 0 Å². The van der Waals surface area contributed by atoms with Gasteiger partial charge in [-0.3, -0.25) is 0 Å². The molecule has 0 saturated heterocycles. The van der Waals surface area contributed by atoms with Crippen LogP contribution in [0.1, 0.15) is 11.8 Å². The average Bonchev–Trinajstić information content (AvgIpc) is 2.94. The van der Waals surface area contributed by atoms with E-state index in [9.17, 15) is 4.79 Å². The highest BCUT2D eigenvalue weighted by Crippen LogP contribution is 2.51. The van der Waals surface area contributed by atoms with Crippen molar-refractivity contribution in [2.24, 2.45) is 0 Å². The molecule has 0 bridgehead atoms. The van der Waals surface area contributed by atoms with Gasteiger partial charge < -0.3 is 5.11 Å². The van der Waals surface area contributed by atoms with Crippen molar-refractivity contribution in [2.75, 3.05) is 0 Å². The number of aliphatic carboxylic acids is 1. The zero-order chi connectivity index (χ0) is 16.7. The molecule has 0 spiro atoms. The Bertz CT molecular complexity index is 920. The Morgan fingerprint density at radius 2 is 1.58 bits per heavy atom. The molecule has 0 unspecified atom stereocenters. The number of thiophene rings is 1. The largest absolute Gasteiger partial charge is 0.478 e. The molecule has 1 N–H and O–H groups in total. The Hall–Kier alpha value is -2.30. The molecule has 4 rings (SSSR count). The molecule has 2 nitrogen and oxygen atoms in total. The highest BCUT2D eigenvalue weighted by molar-refractivity contribution is 7.99. The second-order valence-electron chi connectivity index (χ2n) is 5.62. The Kier molecular flexibility index (Phi) is 3.79. The lowest BCUT2D eigenvalue weighted by atomic mass is 10.0. The van der Waals surface area contributed by atoms with Crippen LogP contribution >= 0.6 is 23.1 Å². The van der Waals surface area contributed by atoms with Crippen molar-refractivity contribution in [3.8, 4) is 21.6 Å². The van der Waals surface area contributed by atoms with Gasteiger partial charge in [0.25, 0.3) is 0 Å². The summed E-state index contributed by atoms with van der Waals surface area (Å²) in [6.45, 7) is 1.63. The Balaban J connectivity index is 1.98. The van der Waals surface area contributed by atoms with Crippen molar-refractivity contribution in [2.45, 2.75) is 16.7 Å². The topological polar surface area (TPSA) is 37.3 Å². The van der Waals surface area contributed by atoms with Crippen molar-refractivity contribution < 1.29 is 9.90 Å². The quantitative estimate of drug-likeness (QED) is 0.448. The van der Waals surface area contributed by atoms with Crippen molar-refractivity contribution >= 4 is 35.1 Å². The number of benzene rings is 2. The molecule has 0 radical (unpaired) electrons. The van der Waals surface area contributed by atoms with Crippen LogP contribution in [-0.4, -0.2) is 11.1 Å². The molecule has 2 heterocycles. The minimum Gasteiger partial charge on any atom is -0.478 e. The van der Waals surface area contributed by atoms with Crippen molar-refractivity contribution in [1.82, 2.24) is 0 Å². The van der Waals surface area contributed by atoms with Gasteiger partial charge in [-0.05, 0) is 36.8 Å². The summed E-state index contributed by atoms with van der Waals surface area (Å²) >= 11 is 3.43. The van der Waals surface area contributed by atoms with Gasteiger partial charge in [0, 0.05) is 36.2 Å². The van der Waals surface area contributed by atoms with Gasteiger partial charge in [-0.25, -0.2) is 4.79 Å². The molecular formula is C20H14O2S2. The third-order valence-electron chi connectivity index (χ3n) is 3.98. The van der Waals surface area contributed by atoms with Crippen molar-refractivity contribution in [3.05, 3.63) is 65.0 Å². The molecule has 1 aliphatic rings. The van der Waals surface area contributed by atoms with E-state index in [1.807, 2.05) is 0 Å². The van der Waals surface area contributed by atoms with Crippen LogP contribution in [0.3, 0.4) is 0 Å². The summed E-state index contributed by atoms with van der Waals surface area (Å²) in [5.74, 6) is -0.880. The van der Waals surface area contributed by atoms with E-state index < -0.39 is 5.97 Å². The molecule has 3 aromatic rings. The summed E-state index contributed by atoms with van der Waals surface area (Å²) in [6, 6.07) is 18.9. The van der Waals surface area contributed by atoms with E-state index in [4.69, 9.17) is 5.11 Å². The van der Waals surface area contributed by atoms with Crippen molar-refractivity contribution in [3.63, 3.8) is 0 Å². The first kappa shape index (κ1) is 15.2. The Labute approximate surface area is 148 Å². The van der Waals surface area contributed by atoms with Crippen LogP contribution in [-0.2, 0) is 4.79 Å². The molecule has 118 valence electrons. The fraction of sp³-hybridized carbons (Fsp3) is 0.0500. The third-order valence-corrected chi connectivity index (χ3v) is 6.24. The SMILES string of the molecule is C/C(=C\c1cc2c(s1)-c1ccccc1Sc1ccccc1-2)C(=O)O. The van der Waals surface area contributed by atoms with Gasteiger partial charge in [-0.1, -0.05) is 48.2 Å². The maximum absolute atomic E-state index is 11.1. The minimum atomic E-state index is -0.880. The van der Waals surface area contributed by atoms with Gasteiger partial charge in [0.15, 0.2) is 0 Å². The van der Waals surface area contributed by atoms with E-state index in [-0.39, 0.29) is 0 Å². The first-order chi connectivity index (χ1) is 11.6. The number of carboxylic acids is 1. The van der Waals surface area contributed by atoms with Crippen LogP contribution in [0.25, 0.3) is 27.6 Å². The molecule has 0 fully saturated rings. The maximum Gasteiger partial charge on any atom is 0.331 e. The molecule has 0 atom stereocenters. The van der Waals surface area contributed by atoms with Gasteiger partial charge >= 0.3 is 5.97 Å². The van der Waals surface area contributed by atoms with E-state index in [2.05, 4.69) is 54.6 Å². The zero-order valence-electron chi connectivity index (χ0n) is 12.9. The Morgan fingerprint density at radius 1 is 0.958 bits per heavy atom. The summed E-state index contributed by atoms with van der Waals surface area (Å²) in [5.41, 5.74) is 3.95. The first-order valence-corrected chi connectivity index (χ1v) is 9.19. The number of hydrogen-bond acceptors (Lipinski definition) is 3. The first-order valence-electron chi connectivity index (χ1n) is 7.55. The minimum absolute atomic E-state index is 0.349. The number of carbonyl (C=O) groups is 1. The van der Waals surface area contributed by atoms with Gasteiger partial charge in [0.1, 0.15) is 0 Å². The molecule has 1 aromatic heterocycles. The van der Waals surface area contributed by atoms with Gasteiger partial charge in [-0.15, -0.1) is 11.3 Å². The smallest absolute Gasteiger partial charge is 0.331 e. The van der Waals surface area contributed by atoms with E-state index >= 15 is 0 Å². The zero-order valence-corrected chi connectivity index (χ0v) is 14.6. The predicted molar refractivity (Wildman–Crippen MR) is 101 cm³/mol. The average molecular weight is 350 g/mol. The predicted octanol–water partition coefficient (Wildman–Crippen LogP) is 6.03. The van der Waals surface area contributed by atoms with Crippen LogP contribution in [0.4, 0.5) is 0 Å². The third kappa shape index (κ3) is 2.58. The highest BCUT2D eigenvalue weighted by Gasteiger charge is 2.21. The Morgan fingerprint density at radius 3 is 2.29 bits per heavy atom. The van der Waals surface area contributed by atoms with E-state index in [1.165, 1.54) is 31.4 Å². The van der Waals surface area contributed by atoms with Crippen LogP contribution in [0.2, 0.25) is 0 Å². The van der Waals surface area contributed by atoms with E-state index in [0.29, 0.717) is 5.57 Å². The number of fused-ring (bicyclic) bond motifs is 5. The number of carboxylic acid groups (broad SMARTS) is 1. The van der Waals surface area contributed by atoms with Crippen molar-refractivity contribution in [1.29, 1.82) is 0 Å². The normalized spacial score (nSPS) is 12.8.